The molecule has 1 N–H and O–H groups in total. The number of para-hydroxylation sites is 1. The molecule has 0 saturated heterocycles. The molecule has 114 valence electrons. The molecule has 0 aliphatic heterocycles. The molecular weight excluding hydrogens is 285 g/mol. The van der Waals surface area contributed by atoms with Gasteiger partial charge in [0.15, 0.2) is 24.0 Å². The average molecular weight is 301 g/mol. The maximum absolute atomic E-state index is 13.4. The molecule has 0 unspecified atom stereocenters. The predicted molar refractivity (Wildman–Crippen MR) is 81.6 cm³/mol. The molecule has 22 heavy (non-hydrogen) atoms. The van der Waals surface area contributed by atoms with Crippen LogP contribution in [-0.4, -0.2) is 18.3 Å². The lowest BCUT2D eigenvalue weighted by Gasteiger charge is -2.07. The lowest BCUT2D eigenvalue weighted by atomic mass is 10.1. The second-order valence-corrected chi connectivity index (χ2v) is 4.62. The van der Waals surface area contributed by atoms with E-state index < -0.39 is 5.82 Å². The van der Waals surface area contributed by atoms with Crippen LogP contribution in [0.5, 0.6) is 5.75 Å². The monoisotopic (exact) mass is 301 g/mol. The number of hydrogen-bond acceptors (Lipinski definition) is 3. The lowest BCUT2D eigenvalue weighted by molar-refractivity contribution is -0.115. The Labute approximate surface area is 127 Å². The molecule has 0 aromatic heterocycles. The largest absolute Gasteiger partial charge is 0.482 e. The fourth-order valence-electron chi connectivity index (χ4n) is 1.78. The molecule has 0 saturated carbocycles. The molecule has 5 heteroatoms. The predicted octanol–water partition coefficient (Wildman–Crippen LogP) is 3.44. The number of ketones is 1. The lowest BCUT2D eigenvalue weighted by Crippen LogP contribution is -2.13. The Morgan fingerprint density at radius 3 is 2.41 bits per heavy atom. The van der Waals surface area contributed by atoms with Crippen molar-refractivity contribution in [1.29, 1.82) is 0 Å². The summed E-state index contributed by atoms with van der Waals surface area (Å²) in [5.41, 5.74) is 1.06. The number of amides is 1. The van der Waals surface area contributed by atoms with Gasteiger partial charge in [0, 0.05) is 17.7 Å². The third-order valence-electron chi connectivity index (χ3n) is 3.01. The van der Waals surface area contributed by atoms with Crippen molar-refractivity contribution in [2.24, 2.45) is 0 Å². The molecule has 2 aromatic rings. The topological polar surface area (TPSA) is 55.4 Å². The fraction of sp³-hybridized carbons (Fsp3) is 0.176. The minimum atomic E-state index is -0.507. The van der Waals surface area contributed by atoms with Gasteiger partial charge in [-0.2, -0.15) is 0 Å². The Hall–Kier alpha value is -2.69. The van der Waals surface area contributed by atoms with Gasteiger partial charge in [-0.15, -0.1) is 0 Å². The van der Waals surface area contributed by atoms with E-state index in [1.54, 1.807) is 43.3 Å². The van der Waals surface area contributed by atoms with Crippen molar-refractivity contribution in [1.82, 2.24) is 0 Å². The summed E-state index contributed by atoms with van der Waals surface area (Å²) in [7, 11) is 0. The number of halogens is 1. The van der Waals surface area contributed by atoms with E-state index in [1.807, 2.05) is 0 Å². The zero-order chi connectivity index (χ0) is 15.9. The first-order valence-electron chi connectivity index (χ1n) is 6.90. The van der Waals surface area contributed by atoms with E-state index in [-0.39, 0.29) is 24.0 Å². The van der Waals surface area contributed by atoms with Crippen molar-refractivity contribution < 1.29 is 18.7 Å². The van der Waals surface area contributed by atoms with Gasteiger partial charge >= 0.3 is 0 Å². The van der Waals surface area contributed by atoms with Crippen LogP contribution in [-0.2, 0) is 4.79 Å². The summed E-state index contributed by atoms with van der Waals surface area (Å²) in [6, 6.07) is 12.4. The highest BCUT2D eigenvalue weighted by molar-refractivity contribution is 5.98. The van der Waals surface area contributed by atoms with E-state index in [2.05, 4.69) is 5.32 Å². The first-order valence-corrected chi connectivity index (χ1v) is 6.90. The molecule has 0 heterocycles. The first-order chi connectivity index (χ1) is 10.6. The van der Waals surface area contributed by atoms with E-state index in [9.17, 15) is 14.0 Å². The number of Topliss-reactive ketones (excluding diaryl/α,β-unsaturated/α-hetero) is 1. The molecule has 0 atom stereocenters. The summed E-state index contributed by atoms with van der Waals surface area (Å²) in [5.74, 6) is -0.825. The third-order valence-corrected chi connectivity index (χ3v) is 3.01. The Morgan fingerprint density at radius 2 is 1.77 bits per heavy atom. The van der Waals surface area contributed by atoms with Gasteiger partial charge < -0.3 is 10.1 Å². The van der Waals surface area contributed by atoms with E-state index in [0.717, 1.165) is 0 Å². The van der Waals surface area contributed by atoms with Gasteiger partial charge in [-0.25, -0.2) is 4.39 Å². The Balaban J connectivity index is 1.95. The molecule has 2 rings (SSSR count). The molecule has 0 aliphatic carbocycles. The highest BCUT2D eigenvalue weighted by Crippen LogP contribution is 2.16. The standard InChI is InChI=1S/C17H16FNO3/c1-2-17(21)19-13-9-7-12(8-10-13)15(20)11-22-16-6-4-3-5-14(16)18/h3-10H,2,11H2,1H3,(H,19,21). The molecule has 2 aromatic carbocycles. The smallest absolute Gasteiger partial charge is 0.224 e. The molecule has 0 fully saturated rings. The molecular formula is C17H16FNO3. The van der Waals surface area contributed by atoms with Crippen LogP contribution in [0.1, 0.15) is 23.7 Å². The van der Waals surface area contributed by atoms with Gasteiger partial charge in [-0.1, -0.05) is 19.1 Å². The minimum absolute atomic E-state index is 0.0441. The summed E-state index contributed by atoms with van der Waals surface area (Å²) in [5, 5.41) is 2.69. The SMILES string of the molecule is CCC(=O)Nc1ccc(C(=O)COc2ccccc2F)cc1. The van der Waals surface area contributed by atoms with Crippen molar-refractivity contribution in [2.45, 2.75) is 13.3 Å². The highest BCUT2D eigenvalue weighted by atomic mass is 19.1. The second kappa shape index (κ2) is 7.36. The number of benzene rings is 2. The molecule has 0 bridgehead atoms. The van der Waals surface area contributed by atoms with Crippen LogP contribution in [0, 0.1) is 5.82 Å². The molecule has 0 spiro atoms. The summed E-state index contributed by atoms with van der Waals surface area (Å²) in [6.45, 7) is 1.51. The summed E-state index contributed by atoms with van der Waals surface area (Å²) in [6.07, 6.45) is 0.386. The maximum Gasteiger partial charge on any atom is 0.224 e. The van der Waals surface area contributed by atoms with Gasteiger partial charge in [0.2, 0.25) is 5.91 Å². The van der Waals surface area contributed by atoms with E-state index >= 15 is 0 Å². The molecule has 0 aliphatic rings. The zero-order valence-corrected chi connectivity index (χ0v) is 12.1. The van der Waals surface area contributed by atoms with Crippen molar-refractivity contribution in [3.05, 3.63) is 59.9 Å². The minimum Gasteiger partial charge on any atom is -0.482 e. The van der Waals surface area contributed by atoms with Crippen molar-refractivity contribution in [3.63, 3.8) is 0 Å². The van der Waals surface area contributed by atoms with Crippen LogP contribution in [0.3, 0.4) is 0 Å². The number of carbonyl (C=O) groups is 2. The summed E-state index contributed by atoms with van der Waals surface area (Å²) >= 11 is 0. The van der Waals surface area contributed by atoms with Crippen LogP contribution < -0.4 is 10.1 Å². The zero-order valence-electron chi connectivity index (χ0n) is 12.1. The number of rotatable bonds is 6. The molecule has 4 nitrogen and oxygen atoms in total. The Bertz CT molecular complexity index is 668. The van der Waals surface area contributed by atoms with Crippen LogP contribution in [0.25, 0.3) is 0 Å². The van der Waals surface area contributed by atoms with Crippen molar-refractivity contribution >= 4 is 17.4 Å². The number of hydrogen-bond donors (Lipinski definition) is 1. The summed E-state index contributed by atoms with van der Waals surface area (Å²) < 4.78 is 18.5. The van der Waals surface area contributed by atoms with Crippen molar-refractivity contribution in [2.75, 3.05) is 11.9 Å². The number of anilines is 1. The third kappa shape index (κ3) is 4.15. The summed E-state index contributed by atoms with van der Waals surface area (Å²) in [4.78, 5) is 23.2. The maximum atomic E-state index is 13.4. The van der Waals surface area contributed by atoms with Gasteiger partial charge in [0.25, 0.3) is 0 Å². The van der Waals surface area contributed by atoms with Crippen molar-refractivity contribution in [3.8, 4) is 5.75 Å². The highest BCUT2D eigenvalue weighted by Gasteiger charge is 2.09. The fourth-order valence-corrected chi connectivity index (χ4v) is 1.78. The van der Waals surface area contributed by atoms with Crippen LogP contribution in [0.4, 0.5) is 10.1 Å². The number of carbonyl (C=O) groups excluding carboxylic acids is 2. The Kier molecular flexibility index (Phi) is 5.25. The first kappa shape index (κ1) is 15.7. The molecule has 0 radical (unpaired) electrons. The normalized spacial score (nSPS) is 10.1. The van der Waals surface area contributed by atoms with E-state index in [1.165, 1.54) is 12.1 Å². The van der Waals surface area contributed by atoms with Crippen LogP contribution in [0.2, 0.25) is 0 Å². The molecule has 1 amide bonds. The van der Waals surface area contributed by atoms with E-state index in [0.29, 0.717) is 17.7 Å². The quantitative estimate of drug-likeness (QED) is 0.832. The number of nitrogens with one attached hydrogen (secondary N) is 1. The van der Waals surface area contributed by atoms with Gasteiger partial charge in [0.05, 0.1) is 0 Å². The van der Waals surface area contributed by atoms with Crippen LogP contribution in [0.15, 0.2) is 48.5 Å². The number of ether oxygens (including phenoxy) is 1. The van der Waals surface area contributed by atoms with Gasteiger partial charge in [-0.05, 0) is 36.4 Å². The van der Waals surface area contributed by atoms with Gasteiger partial charge in [0.1, 0.15) is 0 Å². The van der Waals surface area contributed by atoms with Crippen LogP contribution >= 0.6 is 0 Å². The Morgan fingerprint density at radius 1 is 1.09 bits per heavy atom. The van der Waals surface area contributed by atoms with Gasteiger partial charge in [-0.3, -0.25) is 9.59 Å². The van der Waals surface area contributed by atoms with E-state index in [4.69, 9.17) is 4.74 Å². The average Bonchev–Trinajstić information content (AvgIpc) is 2.54. The second-order valence-electron chi connectivity index (χ2n) is 4.62.